The summed E-state index contributed by atoms with van der Waals surface area (Å²) in [6, 6.07) is 0. The Balaban J connectivity index is 0. The van der Waals surface area contributed by atoms with Crippen molar-refractivity contribution in [2.45, 2.75) is 53.4 Å². The molecule has 0 aromatic rings. The van der Waals surface area contributed by atoms with E-state index in [1.165, 1.54) is 0 Å². The molecule has 1 atom stereocenters. The van der Waals surface area contributed by atoms with Crippen molar-refractivity contribution < 1.29 is 19.8 Å². The Kier molecular flexibility index (Phi) is 10.9. The van der Waals surface area contributed by atoms with E-state index in [4.69, 9.17) is 0 Å². The van der Waals surface area contributed by atoms with Gasteiger partial charge in [0.2, 0.25) is 0 Å². The number of hydrogen-bond acceptors (Lipinski definition) is 4. The summed E-state index contributed by atoms with van der Waals surface area (Å²) in [5.41, 5.74) is -0.113. The molecule has 5 heteroatoms. The normalized spacial score (nSPS) is 12.9. The summed E-state index contributed by atoms with van der Waals surface area (Å²) < 4.78 is 0. The molecule has 0 aliphatic heterocycles. The van der Waals surface area contributed by atoms with Crippen LogP contribution in [-0.2, 0) is 9.59 Å². The topological polar surface area (TPSA) is 80.3 Å². The van der Waals surface area contributed by atoms with Gasteiger partial charge in [0.1, 0.15) is 0 Å². The molecule has 0 aliphatic rings. The number of carbonyl (C=O) groups excluding carboxylic acids is 2. The Morgan fingerprint density at radius 3 is 1.83 bits per heavy atom. The average Bonchev–Trinajstić information content (AvgIpc) is 2.14. The number of unbranched alkanes of at least 4 members (excludes halogenated alkanes) is 1. The molecule has 0 rings (SSSR count). The van der Waals surface area contributed by atoms with Crippen LogP contribution in [0, 0.1) is 17.3 Å². The fourth-order valence-corrected chi connectivity index (χ4v) is 1.93. The van der Waals surface area contributed by atoms with Crippen molar-refractivity contribution in [1.29, 1.82) is 0 Å². The fraction of sp³-hybridized carbons (Fsp3) is 0.846. The van der Waals surface area contributed by atoms with Crippen molar-refractivity contribution in [2.24, 2.45) is 17.3 Å². The molecule has 0 fully saturated rings. The zero-order chi connectivity index (χ0) is 13.6. The monoisotopic (exact) mass is 380 g/mol. The number of carboxylic acids is 2. The largest absolute Gasteiger partial charge is 2.00 e. The molecule has 0 aromatic heterocycles. The first-order chi connectivity index (χ1) is 7.70. The molecule has 0 N–H and O–H groups in total. The van der Waals surface area contributed by atoms with Gasteiger partial charge in [-0.25, -0.2) is 0 Å². The van der Waals surface area contributed by atoms with E-state index in [-0.39, 0.29) is 66.6 Å². The number of aliphatic carboxylic acids is 2. The Labute approximate surface area is 150 Å². The van der Waals surface area contributed by atoms with Gasteiger partial charge in [0.15, 0.2) is 0 Å². The molecule has 0 aliphatic carbocycles. The van der Waals surface area contributed by atoms with Gasteiger partial charge in [-0.2, -0.15) is 0 Å². The van der Waals surface area contributed by atoms with Crippen LogP contribution in [0.15, 0.2) is 0 Å². The Hall–Kier alpha value is 0.511. The van der Waals surface area contributed by atoms with Crippen molar-refractivity contribution in [2.75, 3.05) is 0 Å². The van der Waals surface area contributed by atoms with Gasteiger partial charge >= 0.3 is 48.9 Å². The van der Waals surface area contributed by atoms with E-state index in [0.29, 0.717) is 0 Å². The van der Waals surface area contributed by atoms with E-state index in [9.17, 15) is 19.8 Å². The van der Waals surface area contributed by atoms with Gasteiger partial charge in [-0.1, -0.05) is 40.5 Å². The van der Waals surface area contributed by atoms with Gasteiger partial charge in [-0.05, 0) is 24.2 Å². The second kappa shape index (κ2) is 9.42. The summed E-state index contributed by atoms with van der Waals surface area (Å²) in [7, 11) is 0. The standard InChI is InChI=1S/C13H24O4.Ba/c1-5-6-7-9(13(2,3)4)8-10(11(14)15)12(16)17;/h9-10H,5-8H2,1-4H3,(H,14,15)(H,16,17);/q;+2/p-2. The molecule has 0 heterocycles. The zero-order valence-electron chi connectivity index (χ0n) is 11.8. The quantitative estimate of drug-likeness (QED) is 0.459. The first kappa shape index (κ1) is 20.8. The summed E-state index contributed by atoms with van der Waals surface area (Å²) in [6.07, 6.45) is 2.90. The van der Waals surface area contributed by atoms with Crippen molar-refractivity contribution in [3.63, 3.8) is 0 Å². The molecule has 18 heavy (non-hydrogen) atoms. The summed E-state index contributed by atoms with van der Waals surface area (Å²) in [6.45, 7) is 8.04. The van der Waals surface area contributed by atoms with Crippen molar-refractivity contribution >= 4 is 60.8 Å². The summed E-state index contributed by atoms with van der Waals surface area (Å²) >= 11 is 0. The van der Waals surface area contributed by atoms with E-state index in [1.54, 1.807) is 0 Å². The molecule has 0 aromatic carbocycles. The third-order valence-electron chi connectivity index (χ3n) is 3.22. The fourth-order valence-electron chi connectivity index (χ4n) is 1.93. The predicted octanol–water partition coefficient (Wildman–Crippen LogP) is -0.0358. The van der Waals surface area contributed by atoms with E-state index < -0.39 is 17.9 Å². The van der Waals surface area contributed by atoms with Crippen molar-refractivity contribution in [3.05, 3.63) is 0 Å². The van der Waals surface area contributed by atoms with Crippen LogP contribution in [-0.4, -0.2) is 60.8 Å². The zero-order valence-corrected chi connectivity index (χ0v) is 16.3. The molecule has 0 radical (unpaired) electrons. The minimum atomic E-state index is -1.55. The minimum absolute atomic E-state index is 0. The molecular formula is C13H22BaO4. The summed E-state index contributed by atoms with van der Waals surface area (Å²) in [5, 5.41) is 21.5. The molecule has 0 spiro atoms. The third kappa shape index (κ3) is 7.84. The van der Waals surface area contributed by atoms with E-state index in [0.717, 1.165) is 19.3 Å². The number of hydrogen-bond donors (Lipinski definition) is 0. The third-order valence-corrected chi connectivity index (χ3v) is 3.22. The van der Waals surface area contributed by atoms with E-state index in [2.05, 4.69) is 6.92 Å². The predicted molar refractivity (Wildman–Crippen MR) is 66.3 cm³/mol. The first-order valence-electron chi connectivity index (χ1n) is 6.11. The number of rotatable bonds is 7. The SMILES string of the molecule is CCCCC(CC(C(=O)[O-])C(=O)[O-])C(C)(C)C.[Ba+2]. The average molecular weight is 380 g/mol. The molecule has 0 bridgehead atoms. The van der Waals surface area contributed by atoms with Crippen LogP contribution < -0.4 is 10.2 Å². The Bertz CT molecular complexity index is 257. The van der Waals surface area contributed by atoms with Crippen molar-refractivity contribution in [3.8, 4) is 0 Å². The molecule has 0 amide bonds. The Morgan fingerprint density at radius 1 is 1.11 bits per heavy atom. The van der Waals surface area contributed by atoms with Gasteiger partial charge < -0.3 is 19.8 Å². The van der Waals surface area contributed by atoms with Crippen LogP contribution >= 0.6 is 0 Å². The summed E-state index contributed by atoms with van der Waals surface area (Å²) in [5.74, 6) is -4.55. The van der Waals surface area contributed by atoms with E-state index >= 15 is 0 Å². The van der Waals surface area contributed by atoms with Gasteiger partial charge in [0, 0.05) is 5.92 Å². The van der Waals surface area contributed by atoms with E-state index in [1.807, 2.05) is 20.8 Å². The maximum atomic E-state index is 10.7. The maximum absolute atomic E-state index is 10.7. The second-order valence-corrected chi connectivity index (χ2v) is 5.63. The molecule has 1 unspecified atom stereocenters. The number of carboxylic acid groups (broad SMARTS) is 2. The van der Waals surface area contributed by atoms with Crippen LogP contribution in [0.2, 0.25) is 0 Å². The molecule has 0 saturated heterocycles. The van der Waals surface area contributed by atoms with Crippen LogP contribution in [0.3, 0.4) is 0 Å². The van der Waals surface area contributed by atoms with Gasteiger partial charge in [0.05, 0.1) is 11.9 Å². The smallest absolute Gasteiger partial charge is 0.549 e. The maximum Gasteiger partial charge on any atom is 2.00 e. The van der Waals surface area contributed by atoms with Crippen LogP contribution in [0.4, 0.5) is 0 Å². The first-order valence-corrected chi connectivity index (χ1v) is 6.11. The van der Waals surface area contributed by atoms with Crippen molar-refractivity contribution in [1.82, 2.24) is 0 Å². The molecule has 0 saturated carbocycles. The second-order valence-electron chi connectivity index (χ2n) is 5.63. The molecule has 4 nitrogen and oxygen atoms in total. The van der Waals surface area contributed by atoms with Gasteiger partial charge in [-0.3, -0.25) is 0 Å². The van der Waals surface area contributed by atoms with Crippen LogP contribution in [0.25, 0.3) is 0 Å². The minimum Gasteiger partial charge on any atom is -0.549 e. The molecular weight excluding hydrogens is 357 g/mol. The Morgan fingerprint density at radius 2 is 1.56 bits per heavy atom. The van der Waals surface area contributed by atoms with Crippen LogP contribution in [0.1, 0.15) is 53.4 Å². The summed E-state index contributed by atoms with van der Waals surface area (Å²) in [4.78, 5) is 21.5. The number of carbonyl (C=O) groups is 2. The van der Waals surface area contributed by atoms with Crippen LogP contribution in [0.5, 0.6) is 0 Å². The van der Waals surface area contributed by atoms with Gasteiger partial charge in [0.25, 0.3) is 0 Å². The van der Waals surface area contributed by atoms with Gasteiger partial charge in [-0.15, -0.1) is 0 Å². The molecule has 100 valence electrons.